The van der Waals surface area contributed by atoms with Crippen LogP contribution in [-0.2, 0) is 0 Å². The summed E-state index contributed by atoms with van der Waals surface area (Å²) in [5, 5.41) is 0.714. The van der Waals surface area contributed by atoms with Crippen LogP contribution >= 0.6 is 11.6 Å². The topological polar surface area (TPSA) is 12.4 Å². The normalized spacial score (nSPS) is 15.7. The van der Waals surface area contributed by atoms with Gasteiger partial charge in [0.2, 0.25) is 0 Å². The van der Waals surface area contributed by atoms with Crippen LogP contribution in [0.4, 0.5) is 5.69 Å². The Kier molecular flexibility index (Phi) is 3.16. The minimum Gasteiger partial charge on any atom is -0.251 e. The number of rotatable bonds is 3. The predicted molar refractivity (Wildman–Crippen MR) is 76.8 cm³/mol. The fourth-order valence-corrected chi connectivity index (χ4v) is 2.21. The zero-order chi connectivity index (χ0) is 12.4. The van der Waals surface area contributed by atoms with Gasteiger partial charge in [-0.1, -0.05) is 54.1 Å². The van der Waals surface area contributed by atoms with Crippen molar-refractivity contribution in [3.63, 3.8) is 0 Å². The van der Waals surface area contributed by atoms with Gasteiger partial charge in [0.05, 0.1) is 16.4 Å². The lowest BCUT2D eigenvalue weighted by molar-refractivity contribution is 1.18. The number of hydrogen-bond donors (Lipinski definition) is 0. The molecule has 90 valence electrons. The molecule has 0 saturated heterocycles. The van der Waals surface area contributed by atoms with Crippen molar-refractivity contribution in [1.29, 1.82) is 0 Å². The lowest BCUT2D eigenvalue weighted by Gasteiger charge is -2.06. The fraction of sp³-hybridized carbons (Fsp3) is 0.188. The van der Waals surface area contributed by atoms with Crippen molar-refractivity contribution in [2.45, 2.75) is 12.8 Å². The van der Waals surface area contributed by atoms with Gasteiger partial charge in [-0.2, -0.15) is 0 Å². The predicted octanol–water partition coefficient (Wildman–Crippen LogP) is 4.87. The molecule has 1 aliphatic rings. The molecule has 0 unspecified atom stereocenters. The number of benzene rings is 2. The van der Waals surface area contributed by atoms with Crippen LogP contribution in [0.3, 0.4) is 0 Å². The van der Waals surface area contributed by atoms with Gasteiger partial charge in [-0.15, -0.1) is 0 Å². The lowest BCUT2D eigenvalue weighted by Crippen LogP contribution is -2.02. The second-order valence-corrected chi connectivity index (χ2v) is 5.00. The molecule has 2 heteroatoms. The van der Waals surface area contributed by atoms with E-state index in [1.165, 1.54) is 24.1 Å². The monoisotopic (exact) mass is 255 g/mol. The number of nitrogens with zero attached hydrogens (tertiary/aromatic N) is 1. The van der Waals surface area contributed by atoms with Crippen molar-refractivity contribution in [3.05, 3.63) is 65.2 Å². The molecule has 0 aromatic heterocycles. The molecule has 3 rings (SSSR count). The van der Waals surface area contributed by atoms with Crippen LogP contribution in [0.1, 0.15) is 18.4 Å². The van der Waals surface area contributed by atoms with Crippen LogP contribution < -0.4 is 0 Å². The second-order valence-electron chi connectivity index (χ2n) is 4.59. The summed E-state index contributed by atoms with van der Waals surface area (Å²) in [5.74, 6) is 0.601. The Hall–Kier alpha value is -1.60. The number of hydrogen-bond acceptors (Lipinski definition) is 1. The van der Waals surface area contributed by atoms with Crippen molar-refractivity contribution in [2.75, 3.05) is 0 Å². The van der Waals surface area contributed by atoms with Crippen molar-refractivity contribution >= 4 is 23.0 Å². The van der Waals surface area contributed by atoms with Gasteiger partial charge in [0.15, 0.2) is 0 Å². The summed E-state index contributed by atoms with van der Waals surface area (Å²) in [6, 6.07) is 18.1. The van der Waals surface area contributed by atoms with Gasteiger partial charge in [0.25, 0.3) is 0 Å². The van der Waals surface area contributed by atoms with E-state index in [-0.39, 0.29) is 0 Å². The van der Waals surface area contributed by atoms with E-state index in [9.17, 15) is 0 Å². The van der Waals surface area contributed by atoms with Gasteiger partial charge in [-0.25, -0.2) is 0 Å². The van der Waals surface area contributed by atoms with Crippen LogP contribution in [0.15, 0.2) is 59.6 Å². The third-order valence-electron chi connectivity index (χ3n) is 3.13. The Morgan fingerprint density at radius 3 is 2.28 bits per heavy atom. The largest absolute Gasteiger partial charge is 0.251 e. The Morgan fingerprint density at radius 1 is 0.944 bits per heavy atom. The molecule has 0 spiro atoms. The van der Waals surface area contributed by atoms with E-state index in [4.69, 9.17) is 16.6 Å². The van der Waals surface area contributed by atoms with Crippen LogP contribution in [0, 0.1) is 5.92 Å². The Labute approximate surface area is 112 Å². The van der Waals surface area contributed by atoms with Gasteiger partial charge in [-0.3, -0.25) is 4.99 Å². The van der Waals surface area contributed by atoms with Gasteiger partial charge < -0.3 is 0 Å². The van der Waals surface area contributed by atoms with E-state index < -0.39 is 0 Å². The van der Waals surface area contributed by atoms with E-state index in [0.717, 1.165) is 5.69 Å². The average Bonchev–Trinajstić information content (AvgIpc) is 3.23. The molecule has 0 radical (unpaired) electrons. The molecular weight excluding hydrogens is 242 g/mol. The molecule has 0 bridgehead atoms. The number of para-hydroxylation sites is 1. The maximum Gasteiger partial charge on any atom is 0.0819 e. The molecule has 0 heterocycles. The van der Waals surface area contributed by atoms with Gasteiger partial charge in [0.1, 0.15) is 0 Å². The van der Waals surface area contributed by atoms with Crippen LogP contribution in [0.2, 0.25) is 5.02 Å². The summed E-state index contributed by atoms with van der Waals surface area (Å²) >= 11 is 6.17. The summed E-state index contributed by atoms with van der Waals surface area (Å²) in [6.45, 7) is 0. The summed E-state index contributed by atoms with van der Waals surface area (Å²) < 4.78 is 0. The molecule has 1 fully saturated rings. The molecule has 18 heavy (non-hydrogen) atoms. The maximum absolute atomic E-state index is 6.17. The van der Waals surface area contributed by atoms with Gasteiger partial charge in [-0.05, 0) is 30.5 Å². The van der Waals surface area contributed by atoms with Crippen molar-refractivity contribution in [3.8, 4) is 0 Å². The minimum absolute atomic E-state index is 0.601. The van der Waals surface area contributed by atoms with E-state index in [2.05, 4.69) is 24.3 Å². The molecule has 2 aromatic rings. The average molecular weight is 256 g/mol. The number of halogens is 1. The molecule has 0 aliphatic heterocycles. The Balaban J connectivity index is 2.03. The van der Waals surface area contributed by atoms with E-state index >= 15 is 0 Å². The Bertz CT molecular complexity index is 571. The van der Waals surface area contributed by atoms with Crippen molar-refractivity contribution < 1.29 is 0 Å². The van der Waals surface area contributed by atoms with Crippen LogP contribution in [0.25, 0.3) is 0 Å². The first kappa shape index (κ1) is 11.5. The van der Waals surface area contributed by atoms with E-state index in [1.807, 2.05) is 30.3 Å². The number of aliphatic imine (C=N–C) groups is 1. The first-order valence-corrected chi connectivity index (χ1v) is 6.61. The molecule has 1 nitrogen and oxygen atoms in total. The highest BCUT2D eigenvalue weighted by atomic mass is 35.5. The van der Waals surface area contributed by atoms with E-state index in [0.29, 0.717) is 10.9 Å². The molecule has 0 amide bonds. The Morgan fingerprint density at radius 2 is 1.61 bits per heavy atom. The smallest absolute Gasteiger partial charge is 0.0819 e. The summed E-state index contributed by atoms with van der Waals surface area (Å²) in [5.41, 5.74) is 3.24. The van der Waals surface area contributed by atoms with Crippen molar-refractivity contribution in [1.82, 2.24) is 0 Å². The lowest BCUT2D eigenvalue weighted by atomic mass is 10.1. The molecular formula is C16H14ClN. The maximum atomic E-state index is 6.17. The van der Waals surface area contributed by atoms with Crippen LogP contribution in [-0.4, -0.2) is 5.71 Å². The van der Waals surface area contributed by atoms with Crippen LogP contribution in [0.5, 0.6) is 0 Å². The third kappa shape index (κ3) is 2.46. The SMILES string of the molecule is Clc1ccccc1N=C(c1ccccc1)C1CC1. The van der Waals surface area contributed by atoms with Crippen molar-refractivity contribution in [2.24, 2.45) is 10.9 Å². The van der Waals surface area contributed by atoms with Gasteiger partial charge in [0, 0.05) is 5.92 Å². The summed E-state index contributed by atoms with van der Waals surface area (Å²) in [6.07, 6.45) is 2.47. The first-order chi connectivity index (χ1) is 8.84. The fourth-order valence-electron chi connectivity index (χ4n) is 2.03. The highest BCUT2D eigenvalue weighted by molar-refractivity contribution is 6.33. The standard InChI is InChI=1S/C16H14ClN/c17-14-8-4-5-9-15(14)18-16(13-10-11-13)12-6-2-1-3-7-12/h1-9,13H,10-11H2. The highest BCUT2D eigenvalue weighted by Gasteiger charge is 2.28. The summed E-state index contributed by atoms with van der Waals surface area (Å²) in [4.78, 5) is 4.78. The summed E-state index contributed by atoms with van der Waals surface area (Å²) in [7, 11) is 0. The van der Waals surface area contributed by atoms with E-state index in [1.54, 1.807) is 0 Å². The minimum atomic E-state index is 0.601. The molecule has 2 aromatic carbocycles. The third-order valence-corrected chi connectivity index (χ3v) is 3.45. The zero-order valence-electron chi connectivity index (χ0n) is 10.0. The zero-order valence-corrected chi connectivity index (χ0v) is 10.8. The highest BCUT2D eigenvalue weighted by Crippen LogP contribution is 2.36. The molecule has 0 N–H and O–H groups in total. The second kappa shape index (κ2) is 4.95. The molecule has 0 atom stereocenters. The van der Waals surface area contributed by atoms with Gasteiger partial charge >= 0.3 is 0 Å². The molecule has 1 saturated carbocycles. The quantitative estimate of drug-likeness (QED) is 0.694. The first-order valence-electron chi connectivity index (χ1n) is 6.23. The molecule has 1 aliphatic carbocycles.